The maximum atomic E-state index is 12.8. The number of phenols is 2. The number of fused-ring (bicyclic) bond motifs is 2. The molecule has 3 aromatic rings. The van der Waals surface area contributed by atoms with Crippen molar-refractivity contribution in [2.45, 2.75) is 25.7 Å². The second-order valence-electron chi connectivity index (χ2n) is 7.90. The van der Waals surface area contributed by atoms with Crippen LogP contribution in [0, 0.1) is 0 Å². The highest BCUT2D eigenvalue weighted by atomic mass is 16.5. The van der Waals surface area contributed by atoms with Crippen molar-refractivity contribution < 1.29 is 19.7 Å². The number of ketones is 1. The van der Waals surface area contributed by atoms with Crippen LogP contribution in [-0.2, 0) is 7.05 Å². The van der Waals surface area contributed by atoms with Crippen LogP contribution >= 0.6 is 0 Å². The summed E-state index contributed by atoms with van der Waals surface area (Å²) in [6.45, 7) is 2.00. The lowest BCUT2D eigenvalue weighted by molar-refractivity contribution is 0.101. The highest BCUT2D eigenvalue weighted by molar-refractivity contribution is 6.17. The molecule has 0 unspecified atom stereocenters. The zero-order valence-corrected chi connectivity index (χ0v) is 16.8. The molecule has 2 aromatic heterocycles. The Morgan fingerprint density at radius 1 is 1.13 bits per heavy atom. The molecule has 2 aliphatic heterocycles. The Hall–Kier alpha value is -3.48. The number of carbonyl (C=O) groups excluding carboxylic acids is 1. The number of aryl methyl sites for hydroxylation is 1. The van der Waals surface area contributed by atoms with Crippen LogP contribution in [0.2, 0.25) is 0 Å². The standard InChI is InChI=1S/C23H23N3O4/c1-25-13-14(10-19-22(29)21-17(28)11-15(27)12-18(21)30-19)20-16(6-7-24-23(20)25)26-8-4-2-3-5-9-26/h6-7,10-13,27-28H,2-5,8-9H2,1H3/b19-10-. The average molecular weight is 405 g/mol. The lowest BCUT2D eigenvalue weighted by atomic mass is 10.1. The number of allylic oxidation sites excluding steroid dienone is 1. The number of anilines is 1. The molecule has 0 spiro atoms. The Labute approximate surface area is 173 Å². The Balaban J connectivity index is 1.62. The first-order chi connectivity index (χ1) is 14.5. The maximum absolute atomic E-state index is 12.8. The zero-order chi connectivity index (χ0) is 20.8. The van der Waals surface area contributed by atoms with E-state index in [1.54, 1.807) is 6.08 Å². The van der Waals surface area contributed by atoms with Gasteiger partial charge in [0.2, 0.25) is 5.78 Å². The van der Waals surface area contributed by atoms with Crippen LogP contribution < -0.4 is 9.64 Å². The minimum Gasteiger partial charge on any atom is -0.508 e. The number of aromatic hydroxyl groups is 2. The van der Waals surface area contributed by atoms with Gasteiger partial charge in [-0.3, -0.25) is 4.79 Å². The van der Waals surface area contributed by atoms with Crippen LogP contribution in [0.3, 0.4) is 0 Å². The summed E-state index contributed by atoms with van der Waals surface area (Å²) >= 11 is 0. The van der Waals surface area contributed by atoms with Crippen LogP contribution in [0.25, 0.3) is 17.1 Å². The van der Waals surface area contributed by atoms with Crippen LogP contribution in [0.1, 0.15) is 41.6 Å². The summed E-state index contributed by atoms with van der Waals surface area (Å²) in [6, 6.07) is 4.51. The predicted octanol–water partition coefficient (Wildman–Crippen LogP) is 3.98. The van der Waals surface area contributed by atoms with Crippen molar-refractivity contribution in [2.75, 3.05) is 18.0 Å². The summed E-state index contributed by atoms with van der Waals surface area (Å²) in [4.78, 5) is 19.8. The van der Waals surface area contributed by atoms with Crippen molar-refractivity contribution >= 4 is 28.6 Å². The fourth-order valence-corrected chi connectivity index (χ4v) is 4.42. The number of Topliss-reactive ketones (excluding diaryl/α,β-unsaturated/α-hetero) is 1. The number of nitrogens with zero attached hydrogens (tertiary/aromatic N) is 3. The zero-order valence-electron chi connectivity index (χ0n) is 16.8. The van der Waals surface area contributed by atoms with E-state index in [0.717, 1.165) is 54.3 Å². The Morgan fingerprint density at radius 2 is 1.90 bits per heavy atom. The molecule has 154 valence electrons. The molecular weight excluding hydrogens is 382 g/mol. The second kappa shape index (κ2) is 7.09. The Bertz CT molecular complexity index is 1190. The smallest absolute Gasteiger partial charge is 0.235 e. The van der Waals surface area contributed by atoms with Crippen LogP contribution in [0.4, 0.5) is 5.69 Å². The summed E-state index contributed by atoms with van der Waals surface area (Å²) in [5.41, 5.74) is 2.86. The van der Waals surface area contributed by atoms with Gasteiger partial charge in [-0.1, -0.05) is 12.8 Å². The lowest BCUT2D eigenvalue weighted by Crippen LogP contribution is -2.24. The Morgan fingerprint density at radius 3 is 2.67 bits per heavy atom. The molecule has 1 saturated heterocycles. The topological polar surface area (TPSA) is 87.8 Å². The summed E-state index contributed by atoms with van der Waals surface area (Å²) in [7, 11) is 1.93. The van der Waals surface area contributed by atoms with Gasteiger partial charge in [-0.15, -0.1) is 0 Å². The second-order valence-corrected chi connectivity index (χ2v) is 7.90. The van der Waals surface area contributed by atoms with E-state index in [-0.39, 0.29) is 28.6 Å². The van der Waals surface area contributed by atoms with E-state index in [2.05, 4.69) is 9.88 Å². The van der Waals surface area contributed by atoms with Gasteiger partial charge in [0.15, 0.2) is 5.76 Å². The highest BCUT2D eigenvalue weighted by Crippen LogP contribution is 2.41. The fourth-order valence-electron chi connectivity index (χ4n) is 4.42. The summed E-state index contributed by atoms with van der Waals surface area (Å²) in [5.74, 6) is -0.569. The largest absolute Gasteiger partial charge is 0.508 e. The van der Waals surface area contributed by atoms with Gasteiger partial charge < -0.3 is 24.4 Å². The minimum absolute atomic E-state index is 0.0742. The number of rotatable bonds is 2. The maximum Gasteiger partial charge on any atom is 0.235 e. The first kappa shape index (κ1) is 18.5. The highest BCUT2D eigenvalue weighted by Gasteiger charge is 2.32. The van der Waals surface area contributed by atoms with E-state index >= 15 is 0 Å². The van der Waals surface area contributed by atoms with Crippen LogP contribution in [-0.4, -0.2) is 38.6 Å². The van der Waals surface area contributed by atoms with Crippen molar-refractivity contribution in [3.8, 4) is 17.2 Å². The van der Waals surface area contributed by atoms with E-state index in [1.165, 1.54) is 18.9 Å². The molecule has 0 radical (unpaired) electrons. The van der Waals surface area contributed by atoms with Gasteiger partial charge in [-0.05, 0) is 25.0 Å². The number of ether oxygens (including phenoxy) is 1. The van der Waals surface area contributed by atoms with Crippen LogP contribution in [0.15, 0.2) is 36.4 Å². The molecule has 0 aliphatic carbocycles. The fraction of sp³-hybridized carbons (Fsp3) is 0.304. The molecule has 0 atom stereocenters. The first-order valence-electron chi connectivity index (χ1n) is 10.2. The SMILES string of the molecule is Cn1cc(/C=C2\Oc3cc(O)cc(O)c3C2=O)c2c(N3CCCCCC3)ccnc21. The molecule has 5 rings (SSSR count). The van der Waals surface area contributed by atoms with Crippen molar-refractivity contribution in [3.63, 3.8) is 0 Å². The molecule has 7 nitrogen and oxygen atoms in total. The normalized spacial score (nSPS) is 18.0. The summed E-state index contributed by atoms with van der Waals surface area (Å²) in [5, 5.41) is 20.8. The third kappa shape index (κ3) is 2.98. The average Bonchev–Trinajstić information content (AvgIpc) is 3.05. The predicted molar refractivity (Wildman–Crippen MR) is 114 cm³/mol. The third-order valence-electron chi connectivity index (χ3n) is 5.83. The quantitative estimate of drug-likeness (QED) is 0.627. The van der Waals surface area contributed by atoms with Gasteiger partial charge in [0, 0.05) is 61.3 Å². The van der Waals surface area contributed by atoms with E-state index in [4.69, 9.17) is 4.74 Å². The molecule has 1 fully saturated rings. The molecule has 0 bridgehead atoms. The van der Waals surface area contributed by atoms with E-state index in [1.807, 2.05) is 30.1 Å². The number of phenolic OH excluding ortho intramolecular Hbond substituents is 2. The number of aromatic nitrogens is 2. The molecule has 0 saturated carbocycles. The van der Waals surface area contributed by atoms with Crippen molar-refractivity contribution in [2.24, 2.45) is 7.05 Å². The molecule has 1 aromatic carbocycles. The summed E-state index contributed by atoms with van der Waals surface area (Å²) in [6.07, 6.45) is 10.3. The van der Waals surface area contributed by atoms with Crippen molar-refractivity contribution in [1.82, 2.24) is 9.55 Å². The molecule has 2 N–H and O–H groups in total. The van der Waals surface area contributed by atoms with Gasteiger partial charge in [-0.2, -0.15) is 0 Å². The third-order valence-corrected chi connectivity index (χ3v) is 5.83. The van der Waals surface area contributed by atoms with Gasteiger partial charge >= 0.3 is 0 Å². The van der Waals surface area contributed by atoms with Crippen LogP contribution in [0.5, 0.6) is 17.2 Å². The number of carbonyl (C=O) groups is 1. The number of benzene rings is 1. The monoisotopic (exact) mass is 405 g/mol. The van der Waals surface area contributed by atoms with Crippen molar-refractivity contribution in [3.05, 3.63) is 47.5 Å². The van der Waals surface area contributed by atoms with Gasteiger partial charge in [-0.25, -0.2) is 4.98 Å². The molecule has 4 heterocycles. The molecule has 2 aliphatic rings. The number of pyridine rings is 1. The van der Waals surface area contributed by atoms with Crippen molar-refractivity contribution in [1.29, 1.82) is 0 Å². The Kier molecular flexibility index (Phi) is 4.38. The van der Waals surface area contributed by atoms with Gasteiger partial charge in [0.1, 0.15) is 28.5 Å². The molecular formula is C23H23N3O4. The number of hydrogen-bond donors (Lipinski definition) is 2. The minimum atomic E-state index is -0.403. The molecule has 0 amide bonds. The lowest BCUT2D eigenvalue weighted by Gasteiger charge is -2.23. The van der Waals surface area contributed by atoms with Gasteiger partial charge in [0.05, 0.1) is 0 Å². The summed E-state index contributed by atoms with van der Waals surface area (Å²) < 4.78 is 7.64. The van der Waals surface area contributed by atoms with E-state index in [9.17, 15) is 15.0 Å². The molecule has 7 heteroatoms. The van der Waals surface area contributed by atoms with Gasteiger partial charge in [0.25, 0.3) is 0 Å². The van der Waals surface area contributed by atoms with E-state index in [0.29, 0.717) is 0 Å². The first-order valence-corrected chi connectivity index (χ1v) is 10.2. The molecule has 30 heavy (non-hydrogen) atoms. The number of hydrogen-bond acceptors (Lipinski definition) is 6. The van der Waals surface area contributed by atoms with E-state index < -0.39 is 5.78 Å².